The molecule has 1 rings (SSSR count). The van der Waals surface area contributed by atoms with Crippen molar-refractivity contribution in [2.45, 2.75) is 26.8 Å². The Balaban J connectivity index is 2.82. The number of benzene rings is 1. The molecule has 0 radical (unpaired) electrons. The zero-order valence-corrected chi connectivity index (χ0v) is 11.8. The lowest BCUT2D eigenvalue weighted by molar-refractivity contribution is -0.139. The van der Waals surface area contributed by atoms with Crippen LogP contribution in [0.5, 0.6) is 5.75 Å². The number of ether oxygens (including phenoxy) is 1. The molecule has 0 aromatic heterocycles. The van der Waals surface area contributed by atoms with E-state index in [2.05, 4.69) is 5.32 Å². The monoisotopic (exact) mass is 280 g/mol. The van der Waals surface area contributed by atoms with Gasteiger partial charge < -0.3 is 20.9 Å². The fourth-order valence-electron chi connectivity index (χ4n) is 1.44. The second-order valence-electron chi connectivity index (χ2n) is 5.51. The number of hydrogen-bond acceptors (Lipinski definition) is 4. The van der Waals surface area contributed by atoms with Crippen molar-refractivity contribution in [2.24, 2.45) is 11.1 Å². The smallest absolute Gasteiger partial charge is 0.341 e. The number of para-hydroxylation sites is 2. The highest BCUT2D eigenvalue weighted by atomic mass is 16.5. The van der Waals surface area contributed by atoms with Crippen LogP contribution >= 0.6 is 0 Å². The molecule has 0 saturated heterocycles. The van der Waals surface area contributed by atoms with Gasteiger partial charge in [-0.2, -0.15) is 0 Å². The number of carboxylic acids is 1. The van der Waals surface area contributed by atoms with Crippen LogP contribution in [0.25, 0.3) is 0 Å². The normalized spacial score (nSPS) is 12.6. The number of carbonyl (C=O) groups excluding carboxylic acids is 1. The zero-order chi connectivity index (χ0) is 15.3. The summed E-state index contributed by atoms with van der Waals surface area (Å²) in [5, 5.41) is 11.3. The highest BCUT2D eigenvalue weighted by Gasteiger charge is 2.27. The van der Waals surface area contributed by atoms with Crippen LogP contribution in [0.15, 0.2) is 24.3 Å². The van der Waals surface area contributed by atoms with Crippen LogP contribution in [0.1, 0.15) is 20.8 Å². The summed E-state index contributed by atoms with van der Waals surface area (Å²) in [6.45, 7) is 5.12. The number of anilines is 1. The van der Waals surface area contributed by atoms with Gasteiger partial charge in [-0.05, 0) is 17.5 Å². The third kappa shape index (κ3) is 4.55. The molecule has 1 aromatic rings. The second kappa shape index (κ2) is 6.38. The molecule has 0 heterocycles. The van der Waals surface area contributed by atoms with Gasteiger partial charge in [-0.25, -0.2) is 4.79 Å². The molecule has 1 aromatic carbocycles. The number of amides is 1. The van der Waals surface area contributed by atoms with E-state index in [9.17, 15) is 9.59 Å². The molecular formula is C14H20N2O4. The molecule has 1 amide bonds. The molecule has 6 nitrogen and oxygen atoms in total. The molecule has 4 N–H and O–H groups in total. The molecule has 1 atom stereocenters. The van der Waals surface area contributed by atoms with Gasteiger partial charge >= 0.3 is 5.97 Å². The minimum absolute atomic E-state index is 0.296. The first-order valence-corrected chi connectivity index (χ1v) is 6.22. The van der Waals surface area contributed by atoms with Gasteiger partial charge in [0.1, 0.15) is 5.75 Å². The van der Waals surface area contributed by atoms with Crippen molar-refractivity contribution < 1.29 is 19.4 Å². The summed E-state index contributed by atoms with van der Waals surface area (Å²) >= 11 is 0. The Morgan fingerprint density at radius 3 is 2.50 bits per heavy atom. The number of aliphatic carboxylic acids is 1. The number of nitrogens with two attached hydrogens (primary N) is 1. The highest BCUT2D eigenvalue weighted by Crippen LogP contribution is 2.25. The van der Waals surface area contributed by atoms with E-state index in [0.717, 1.165) is 0 Å². The molecule has 0 aliphatic rings. The van der Waals surface area contributed by atoms with Gasteiger partial charge in [-0.1, -0.05) is 32.9 Å². The van der Waals surface area contributed by atoms with E-state index in [-0.39, 0.29) is 11.3 Å². The van der Waals surface area contributed by atoms with Crippen LogP contribution in [0.4, 0.5) is 5.69 Å². The van der Waals surface area contributed by atoms with Crippen LogP contribution in [0, 0.1) is 5.41 Å². The van der Waals surface area contributed by atoms with E-state index < -0.39 is 18.6 Å². The van der Waals surface area contributed by atoms with Crippen molar-refractivity contribution in [3.8, 4) is 5.75 Å². The predicted molar refractivity (Wildman–Crippen MR) is 75.6 cm³/mol. The third-order valence-electron chi connectivity index (χ3n) is 2.71. The molecule has 20 heavy (non-hydrogen) atoms. The Kier molecular flexibility index (Phi) is 5.10. The van der Waals surface area contributed by atoms with Gasteiger partial charge in [-0.3, -0.25) is 4.79 Å². The SMILES string of the molecule is CC(C)(C)C(N)C(=O)Nc1ccccc1OCC(=O)O. The van der Waals surface area contributed by atoms with Crippen LogP contribution in [-0.2, 0) is 9.59 Å². The Bertz CT molecular complexity index is 494. The molecule has 0 saturated carbocycles. The highest BCUT2D eigenvalue weighted by molar-refractivity contribution is 5.96. The van der Waals surface area contributed by atoms with Gasteiger partial charge in [0.2, 0.25) is 5.91 Å². The molecule has 6 heteroatoms. The first-order chi connectivity index (χ1) is 9.21. The van der Waals surface area contributed by atoms with Crippen molar-refractivity contribution in [1.29, 1.82) is 0 Å². The van der Waals surface area contributed by atoms with Crippen LogP contribution in [0.3, 0.4) is 0 Å². The summed E-state index contributed by atoms with van der Waals surface area (Å²) in [6.07, 6.45) is 0. The lowest BCUT2D eigenvalue weighted by Gasteiger charge is -2.26. The molecule has 0 fully saturated rings. The minimum Gasteiger partial charge on any atom is -0.480 e. The Labute approximate surface area is 117 Å². The first-order valence-electron chi connectivity index (χ1n) is 6.22. The Morgan fingerprint density at radius 1 is 1.35 bits per heavy atom. The summed E-state index contributed by atoms with van der Waals surface area (Å²) in [7, 11) is 0. The number of carboxylic acid groups (broad SMARTS) is 1. The van der Waals surface area contributed by atoms with Crippen LogP contribution < -0.4 is 15.8 Å². The lowest BCUT2D eigenvalue weighted by atomic mass is 9.87. The van der Waals surface area contributed by atoms with Crippen molar-refractivity contribution in [3.63, 3.8) is 0 Å². The topological polar surface area (TPSA) is 102 Å². The number of nitrogens with one attached hydrogen (secondary N) is 1. The summed E-state index contributed by atoms with van der Waals surface area (Å²) < 4.78 is 5.11. The molecule has 110 valence electrons. The first kappa shape index (κ1) is 16.0. The third-order valence-corrected chi connectivity index (χ3v) is 2.71. The molecule has 1 unspecified atom stereocenters. The number of carbonyl (C=O) groups is 2. The molecule has 0 bridgehead atoms. The van der Waals surface area contributed by atoms with E-state index in [4.69, 9.17) is 15.6 Å². The summed E-state index contributed by atoms with van der Waals surface area (Å²) in [6, 6.07) is 5.93. The van der Waals surface area contributed by atoms with Crippen molar-refractivity contribution >= 4 is 17.6 Å². The predicted octanol–water partition coefficient (Wildman–Crippen LogP) is 1.46. The van der Waals surface area contributed by atoms with Gasteiger partial charge in [0, 0.05) is 0 Å². The van der Waals surface area contributed by atoms with Crippen LogP contribution in [-0.4, -0.2) is 29.6 Å². The average molecular weight is 280 g/mol. The fraction of sp³-hybridized carbons (Fsp3) is 0.429. The maximum atomic E-state index is 12.0. The van der Waals surface area contributed by atoms with Crippen molar-refractivity contribution in [2.75, 3.05) is 11.9 Å². The largest absolute Gasteiger partial charge is 0.480 e. The zero-order valence-electron chi connectivity index (χ0n) is 11.8. The fourth-order valence-corrected chi connectivity index (χ4v) is 1.44. The van der Waals surface area contributed by atoms with E-state index in [1.54, 1.807) is 24.3 Å². The average Bonchev–Trinajstić information content (AvgIpc) is 2.35. The van der Waals surface area contributed by atoms with Gasteiger partial charge in [0.15, 0.2) is 6.61 Å². The Hall–Kier alpha value is -2.08. The van der Waals surface area contributed by atoms with Gasteiger partial charge in [0.25, 0.3) is 0 Å². The quantitative estimate of drug-likeness (QED) is 0.758. The Morgan fingerprint density at radius 2 is 1.95 bits per heavy atom. The lowest BCUT2D eigenvalue weighted by Crippen LogP contribution is -2.45. The second-order valence-corrected chi connectivity index (χ2v) is 5.51. The molecular weight excluding hydrogens is 260 g/mol. The summed E-state index contributed by atoms with van der Waals surface area (Å²) in [5.74, 6) is -1.13. The van der Waals surface area contributed by atoms with E-state index in [1.807, 2.05) is 20.8 Å². The maximum Gasteiger partial charge on any atom is 0.341 e. The molecule has 0 aliphatic heterocycles. The standard InChI is InChI=1S/C14H20N2O4/c1-14(2,3)12(15)13(19)16-9-6-4-5-7-10(9)20-8-11(17)18/h4-7,12H,8,15H2,1-3H3,(H,16,19)(H,17,18). The number of hydrogen-bond donors (Lipinski definition) is 3. The number of rotatable bonds is 5. The van der Waals surface area contributed by atoms with Gasteiger partial charge in [-0.15, -0.1) is 0 Å². The molecule has 0 spiro atoms. The van der Waals surface area contributed by atoms with E-state index >= 15 is 0 Å². The minimum atomic E-state index is -1.09. The van der Waals surface area contributed by atoms with Crippen LogP contribution in [0.2, 0.25) is 0 Å². The van der Waals surface area contributed by atoms with E-state index in [0.29, 0.717) is 11.4 Å². The van der Waals surface area contributed by atoms with Crippen molar-refractivity contribution in [1.82, 2.24) is 0 Å². The van der Waals surface area contributed by atoms with Gasteiger partial charge in [0.05, 0.1) is 11.7 Å². The molecule has 0 aliphatic carbocycles. The summed E-state index contributed by atoms with van der Waals surface area (Å²) in [5.41, 5.74) is 5.89. The maximum absolute atomic E-state index is 12.0. The van der Waals surface area contributed by atoms with Crippen molar-refractivity contribution in [3.05, 3.63) is 24.3 Å². The summed E-state index contributed by atoms with van der Waals surface area (Å²) in [4.78, 5) is 22.6. The van der Waals surface area contributed by atoms with E-state index in [1.165, 1.54) is 0 Å².